The molecule has 0 bridgehead atoms. The Bertz CT molecular complexity index is 619. The third-order valence-corrected chi connectivity index (χ3v) is 5.28. The summed E-state index contributed by atoms with van der Waals surface area (Å²) in [6.45, 7) is 3.27. The molecular formula is C19H29Cl2F3N4O. The highest BCUT2D eigenvalue weighted by Crippen LogP contribution is 2.25. The summed E-state index contributed by atoms with van der Waals surface area (Å²) in [5, 5.41) is 5.51. The average molecular weight is 457 g/mol. The molecule has 2 saturated heterocycles. The summed E-state index contributed by atoms with van der Waals surface area (Å²) in [5.41, 5.74) is 1.44. The van der Waals surface area contributed by atoms with E-state index in [-0.39, 0.29) is 24.8 Å². The van der Waals surface area contributed by atoms with Crippen LogP contribution in [-0.4, -0.2) is 68.8 Å². The van der Waals surface area contributed by atoms with E-state index in [1.807, 2.05) is 12.1 Å². The Kier molecular flexibility index (Phi) is 10.5. The van der Waals surface area contributed by atoms with E-state index in [2.05, 4.69) is 15.5 Å². The maximum atomic E-state index is 13.4. The number of alkyl halides is 3. The van der Waals surface area contributed by atoms with Gasteiger partial charge in [-0.05, 0) is 43.5 Å². The first-order valence-electron chi connectivity index (χ1n) is 9.60. The number of rotatable bonds is 5. The zero-order chi connectivity index (χ0) is 19.3. The highest BCUT2D eigenvalue weighted by atomic mass is 35.5. The van der Waals surface area contributed by atoms with E-state index in [1.165, 1.54) is 11.3 Å². The number of nitrogens with one attached hydrogen (secondary N) is 2. The SMILES string of the molecule is Cl.Cl.O=C(NCC(N1CCNCC1)C(F)(F)F)c1ccc(N2CCCCC2)cc1. The molecule has 166 valence electrons. The second-order valence-corrected chi connectivity index (χ2v) is 7.15. The third kappa shape index (κ3) is 7.20. The molecule has 2 aliphatic rings. The van der Waals surface area contributed by atoms with Crippen LogP contribution in [0.25, 0.3) is 0 Å². The third-order valence-electron chi connectivity index (χ3n) is 5.28. The van der Waals surface area contributed by atoms with Crippen LogP contribution in [0.4, 0.5) is 18.9 Å². The lowest BCUT2D eigenvalue weighted by Gasteiger charge is -2.35. The van der Waals surface area contributed by atoms with Gasteiger partial charge in [0.2, 0.25) is 0 Å². The Balaban J connectivity index is 0.00000210. The summed E-state index contributed by atoms with van der Waals surface area (Å²) in [6, 6.07) is 5.46. The van der Waals surface area contributed by atoms with Gasteiger partial charge in [-0.1, -0.05) is 0 Å². The van der Waals surface area contributed by atoms with Gasteiger partial charge in [0.1, 0.15) is 6.04 Å². The fourth-order valence-corrected chi connectivity index (χ4v) is 3.71. The van der Waals surface area contributed by atoms with Gasteiger partial charge in [-0.3, -0.25) is 9.69 Å². The van der Waals surface area contributed by atoms with Crippen molar-refractivity contribution < 1.29 is 18.0 Å². The van der Waals surface area contributed by atoms with E-state index in [4.69, 9.17) is 0 Å². The van der Waals surface area contributed by atoms with E-state index in [0.717, 1.165) is 31.6 Å². The number of piperidine rings is 1. The van der Waals surface area contributed by atoms with E-state index in [1.54, 1.807) is 12.1 Å². The van der Waals surface area contributed by atoms with Crippen molar-refractivity contribution in [3.05, 3.63) is 29.8 Å². The standard InChI is InChI=1S/C19H27F3N4O.2ClH/c20-19(21,22)17(26-12-8-23-9-13-26)14-24-18(27)15-4-6-16(7-5-15)25-10-2-1-3-11-25;;/h4-7,17,23H,1-3,8-14H2,(H,24,27);2*1H. The summed E-state index contributed by atoms with van der Waals surface area (Å²) in [4.78, 5) is 16.0. The Morgan fingerprint density at radius 2 is 1.59 bits per heavy atom. The van der Waals surface area contributed by atoms with Crippen LogP contribution in [0.3, 0.4) is 0 Å². The number of halogens is 5. The topological polar surface area (TPSA) is 47.6 Å². The molecule has 1 aromatic carbocycles. The molecule has 3 rings (SSSR count). The van der Waals surface area contributed by atoms with Gasteiger partial charge in [0, 0.05) is 57.1 Å². The van der Waals surface area contributed by atoms with Crippen LogP contribution in [0.15, 0.2) is 24.3 Å². The van der Waals surface area contributed by atoms with Crippen LogP contribution in [0, 0.1) is 0 Å². The second-order valence-electron chi connectivity index (χ2n) is 7.15. The normalized spacial score (nSPS) is 18.9. The number of carbonyl (C=O) groups excluding carboxylic acids is 1. The van der Waals surface area contributed by atoms with Gasteiger partial charge in [-0.15, -0.1) is 24.8 Å². The van der Waals surface area contributed by atoms with Crippen molar-refractivity contribution in [1.29, 1.82) is 0 Å². The van der Waals surface area contributed by atoms with Crippen LogP contribution < -0.4 is 15.5 Å². The van der Waals surface area contributed by atoms with Crippen molar-refractivity contribution in [2.75, 3.05) is 50.7 Å². The largest absolute Gasteiger partial charge is 0.405 e. The van der Waals surface area contributed by atoms with Gasteiger partial charge in [0.05, 0.1) is 0 Å². The van der Waals surface area contributed by atoms with Crippen molar-refractivity contribution in [3.63, 3.8) is 0 Å². The number of hydrogen-bond acceptors (Lipinski definition) is 4. The Morgan fingerprint density at radius 3 is 2.14 bits per heavy atom. The van der Waals surface area contributed by atoms with Gasteiger partial charge in [-0.25, -0.2) is 0 Å². The van der Waals surface area contributed by atoms with Gasteiger partial charge in [0.25, 0.3) is 5.91 Å². The number of anilines is 1. The lowest BCUT2D eigenvalue weighted by Crippen LogP contribution is -2.57. The van der Waals surface area contributed by atoms with E-state index < -0.39 is 24.7 Å². The quantitative estimate of drug-likeness (QED) is 0.714. The van der Waals surface area contributed by atoms with Crippen LogP contribution in [0.1, 0.15) is 29.6 Å². The first-order chi connectivity index (χ1) is 12.9. The average Bonchev–Trinajstić information content (AvgIpc) is 2.68. The Hall–Kier alpha value is -1.22. The first-order valence-corrected chi connectivity index (χ1v) is 9.60. The van der Waals surface area contributed by atoms with Gasteiger partial charge in [-0.2, -0.15) is 13.2 Å². The lowest BCUT2D eigenvalue weighted by atomic mass is 10.1. The maximum Gasteiger partial charge on any atom is 0.405 e. The molecule has 2 heterocycles. The van der Waals surface area contributed by atoms with Crippen molar-refractivity contribution in [2.45, 2.75) is 31.5 Å². The molecular weight excluding hydrogens is 428 g/mol. The molecule has 2 N–H and O–H groups in total. The summed E-state index contributed by atoms with van der Waals surface area (Å²) in [7, 11) is 0. The molecule has 1 atom stereocenters. The van der Waals surface area contributed by atoms with E-state index >= 15 is 0 Å². The lowest BCUT2D eigenvalue weighted by molar-refractivity contribution is -0.183. The number of carbonyl (C=O) groups is 1. The molecule has 0 radical (unpaired) electrons. The minimum atomic E-state index is -4.37. The molecule has 2 fully saturated rings. The summed E-state index contributed by atoms with van der Waals surface area (Å²) < 4.78 is 40.2. The molecule has 10 heteroatoms. The first kappa shape index (κ1) is 25.8. The summed E-state index contributed by atoms with van der Waals surface area (Å²) in [6.07, 6.45) is -0.812. The highest BCUT2D eigenvalue weighted by molar-refractivity contribution is 5.94. The van der Waals surface area contributed by atoms with Crippen molar-refractivity contribution in [2.24, 2.45) is 0 Å². The molecule has 0 saturated carbocycles. The fraction of sp³-hybridized carbons (Fsp3) is 0.632. The molecule has 1 unspecified atom stereocenters. The predicted molar refractivity (Wildman–Crippen MR) is 114 cm³/mol. The van der Waals surface area contributed by atoms with Crippen molar-refractivity contribution >= 4 is 36.4 Å². The van der Waals surface area contributed by atoms with E-state index in [0.29, 0.717) is 31.7 Å². The Morgan fingerprint density at radius 1 is 1.00 bits per heavy atom. The molecule has 0 aliphatic carbocycles. The molecule has 1 amide bonds. The number of piperazine rings is 1. The van der Waals surface area contributed by atoms with Crippen LogP contribution in [-0.2, 0) is 0 Å². The minimum absolute atomic E-state index is 0. The zero-order valence-electron chi connectivity index (χ0n) is 16.2. The number of nitrogens with zero attached hydrogens (tertiary/aromatic N) is 2. The van der Waals surface area contributed by atoms with Crippen LogP contribution in [0.5, 0.6) is 0 Å². The van der Waals surface area contributed by atoms with Crippen LogP contribution in [0.2, 0.25) is 0 Å². The number of hydrogen-bond donors (Lipinski definition) is 2. The van der Waals surface area contributed by atoms with Gasteiger partial charge < -0.3 is 15.5 Å². The number of amides is 1. The van der Waals surface area contributed by atoms with Crippen molar-refractivity contribution in [1.82, 2.24) is 15.5 Å². The minimum Gasteiger partial charge on any atom is -0.372 e. The molecule has 2 aliphatic heterocycles. The van der Waals surface area contributed by atoms with Gasteiger partial charge >= 0.3 is 6.18 Å². The molecule has 0 aromatic heterocycles. The molecule has 1 aromatic rings. The highest BCUT2D eigenvalue weighted by Gasteiger charge is 2.43. The van der Waals surface area contributed by atoms with Gasteiger partial charge in [0.15, 0.2) is 0 Å². The molecule has 5 nitrogen and oxygen atoms in total. The summed E-state index contributed by atoms with van der Waals surface area (Å²) >= 11 is 0. The van der Waals surface area contributed by atoms with Crippen LogP contribution >= 0.6 is 24.8 Å². The molecule has 0 spiro atoms. The van der Waals surface area contributed by atoms with E-state index in [9.17, 15) is 18.0 Å². The Labute approximate surface area is 182 Å². The molecule has 29 heavy (non-hydrogen) atoms. The maximum absolute atomic E-state index is 13.4. The zero-order valence-corrected chi connectivity index (χ0v) is 17.8. The monoisotopic (exact) mass is 456 g/mol. The summed E-state index contributed by atoms with van der Waals surface area (Å²) in [5.74, 6) is -0.468. The predicted octanol–water partition coefficient (Wildman–Crippen LogP) is 3.09. The number of benzene rings is 1. The smallest absolute Gasteiger partial charge is 0.372 e. The fourth-order valence-electron chi connectivity index (χ4n) is 3.71. The second kappa shape index (κ2) is 11.8. The van der Waals surface area contributed by atoms with Crippen molar-refractivity contribution in [3.8, 4) is 0 Å².